The molecular formula is C9H13N3O2. The average molecular weight is 195 g/mol. The lowest BCUT2D eigenvalue weighted by Crippen LogP contribution is -2.28. The number of hydrogen-bond acceptors (Lipinski definition) is 4. The molecule has 0 aliphatic carbocycles. The molecule has 0 unspecified atom stereocenters. The van der Waals surface area contributed by atoms with Gasteiger partial charge in [-0.1, -0.05) is 0 Å². The first-order valence-electron chi connectivity index (χ1n) is 4.24. The van der Waals surface area contributed by atoms with Gasteiger partial charge in [-0.05, 0) is 19.1 Å². The molecule has 0 spiro atoms. The highest BCUT2D eigenvalue weighted by molar-refractivity contribution is 5.75. The summed E-state index contributed by atoms with van der Waals surface area (Å²) < 4.78 is 0. The number of nitrogens with one attached hydrogen (secondary N) is 1. The van der Waals surface area contributed by atoms with Crippen molar-refractivity contribution in [2.24, 2.45) is 5.73 Å². The van der Waals surface area contributed by atoms with E-state index in [1.54, 1.807) is 12.1 Å². The maximum atomic E-state index is 10.4. The Hall–Kier alpha value is -1.62. The van der Waals surface area contributed by atoms with Gasteiger partial charge >= 0.3 is 0 Å². The van der Waals surface area contributed by atoms with Crippen LogP contribution in [-0.4, -0.2) is 22.5 Å². The third kappa shape index (κ3) is 3.02. The van der Waals surface area contributed by atoms with E-state index in [1.165, 1.54) is 0 Å². The summed E-state index contributed by atoms with van der Waals surface area (Å²) in [6.45, 7) is 2.24. The van der Waals surface area contributed by atoms with Gasteiger partial charge in [0.05, 0.1) is 12.2 Å². The number of aryl methyl sites for hydroxylation is 1. The Bertz CT molecular complexity index is 339. The number of aromatic nitrogens is 1. The molecule has 0 fully saturated rings. The molecule has 1 rings (SSSR count). The van der Waals surface area contributed by atoms with Gasteiger partial charge in [-0.25, -0.2) is 0 Å². The van der Waals surface area contributed by atoms with E-state index in [4.69, 9.17) is 5.73 Å². The summed E-state index contributed by atoms with van der Waals surface area (Å²) in [5.41, 5.74) is 6.28. The lowest BCUT2D eigenvalue weighted by Gasteiger charge is -2.05. The minimum atomic E-state index is -0.433. The number of nitrogens with two attached hydrogens (primary N) is 1. The smallest absolute Gasteiger partial charge is 0.231 e. The minimum Gasteiger partial charge on any atom is -0.506 e. The number of amides is 1. The van der Waals surface area contributed by atoms with Crippen molar-refractivity contribution in [3.05, 3.63) is 23.5 Å². The largest absolute Gasteiger partial charge is 0.506 e. The summed E-state index contributed by atoms with van der Waals surface area (Å²) in [6, 6.07) is 3.29. The number of rotatable bonds is 4. The Morgan fingerprint density at radius 1 is 1.64 bits per heavy atom. The van der Waals surface area contributed by atoms with Gasteiger partial charge in [-0.3, -0.25) is 9.78 Å². The summed E-state index contributed by atoms with van der Waals surface area (Å²) in [5, 5.41) is 12.2. The Morgan fingerprint density at radius 3 is 3.00 bits per heavy atom. The second kappa shape index (κ2) is 4.57. The molecule has 0 saturated heterocycles. The molecule has 5 nitrogen and oxygen atoms in total. The van der Waals surface area contributed by atoms with Gasteiger partial charge in [-0.15, -0.1) is 0 Å². The Labute approximate surface area is 82.0 Å². The molecular weight excluding hydrogens is 182 g/mol. The van der Waals surface area contributed by atoms with Crippen molar-refractivity contribution in [3.8, 4) is 5.75 Å². The zero-order chi connectivity index (χ0) is 10.6. The average Bonchev–Trinajstić information content (AvgIpc) is 2.10. The molecule has 76 valence electrons. The maximum absolute atomic E-state index is 10.4. The molecule has 1 amide bonds. The Balaban J connectivity index is 2.57. The lowest BCUT2D eigenvalue weighted by atomic mass is 10.3. The van der Waals surface area contributed by atoms with Crippen molar-refractivity contribution in [1.29, 1.82) is 0 Å². The van der Waals surface area contributed by atoms with E-state index in [0.29, 0.717) is 12.2 Å². The van der Waals surface area contributed by atoms with E-state index >= 15 is 0 Å². The number of aromatic hydroxyl groups is 1. The van der Waals surface area contributed by atoms with Crippen LogP contribution in [0.5, 0.6) is 5.75 Å². The van der Waals surface area contributed by atoms with Gasteiger partial charge in [0.2, 0.25) is 5.91 Å². The molecule has 0 aliphatic rings. The third-order valence-electron chi connectivity index (χ3n) is 1.68. The number of nitrogens with zero attached hydrogens (tertiary/aromatic N) is 1. The predicted molar refractivity (Wildman–Crippen MR) is 51.5 cm³/mol. The van der Waals surface area contributed by atoms with Crippen molar-refractivity contribution in [3.63, 3.8) is 0 Å². The second-order valence-corrected chi connectivity index (χ2v) is 2.99. The van der Waals surface area contributed by atoms with Crippen LogP contribution >= 0.6 is 0 Å². The van der Waals surface area contributed by atoms with Crippen molar-refractivity contribution in [2.45, 2.75) is 13.5 Å². The highest BCUT2D eigenvalue weighted by Gasteiger charge is 2.02. The van der Waals surface area contributed by atoms with E-state index in [-0.39, 0.29) is 12.3 Å². The van der Waals surface area contributed by atoms with E-state index in [2.05, 4.69) is 10.3 Å². The van der Waals surface area contributed by atoms with Gasteiger partial charge < -0.3 is 16.2 Å². The summed E-state index contributed by atoms with van der Waals surface area (Å²) in [4.78, 5) is 14.5. The highest BCUT2D eigenvalue weighted by Crippen LogP contribution is 2.13. The summed E-state index contributed by atoms with van der Waals surface area (Å²) >= 11 is 0. The van der Waals surface area contributed by atoms with Crippen LogP contribution in [0.15, 0.2) is 12.1 Å². The third-order valence-corrected chi connectivity index (χ3v) is 1.68. The van der Waals surface area contributed by atoms with Crippen LogP contribution in [0.25, 0.3) is 0 Å². The fraction of sp³-hybridized carbons (Fsp3) is 0.333. The molecule has 0 aliphatic heterocycles. The fourth-order valence-electron chi connectivity index (χ4n) is 1.04. The Kier molecular flexibility index (Phi) is 3.41. The molecule has 0 saturated carbocycles. The van der Waals surface area contributed by atoms with Gasteiger partial charge in [0.15, 0.2) is 0 Å². The first kappa shape index (κ1) is 10.5. The molecule has 1 aromatic rings. The van der Waals surface area contributed by atoms with Crippen molar-refractivity contribution < 1.29 is 9.90 Å². The SMILES string of the molecule is Cc1ccc(O)c(CNCC(N)=O)n1. The zero-order valence-electron chi connectivity index (χ0n) is 7.95. The number of hydrogen-bond donors (Lipinski definition) is 3. The number of pyridine rings is 1. The van der Waals surface area contributed by atoms with Gasteiger partial charge in [0, 0.05) is 12.2 Å². The first-order valence-corrected chi connectivity index (χ1v) is 4.24. The standard InChI is InChI=1S/C9H13N3O2/c1-6-2-3-8(13)7(12-6)4-11-5-9(10)14/h2-3,11,13H,4-5H2,1H3,(H2,10,14). The van der Waals surface area contributed by atoms with Crippen LogP contribution in [-0.2, 0) is 11.3 Å². The normalized spacial score (nSPS) is 10.1. The fourth-order valence-corrected chi connectivity index (χ4v) is 1.04. The number of carbonyl (C=O) groups is 1. The van der Waals surface area contributed by atoms with Gasteiger partial charge in [0.1, 0.15) is 5.75 Å². The molecule has 1 aromatic heterocycles. The van der Waals surface area contributed by atoms with Crippen molar-refractivity contribution in [2.75, 3.05) is 6.54 Å². The Morgan fingerprint density at radius 2 is 2.36 bits per heavy atom. The lowest BCUT2D eigenvalue weighted by molar-refractivity contribution is -0.117. The monoisotopic (exact) mass is 195 g/mol. The highest BCUT2D eigenvalue weighted by atomic mass is 16.3. The van der Waals surface area contributed by atoms with Gasteiger partial charge in [-0.2, -0.15) is 0 Å². The number of primary amides is 1. The first-order chi connectivity index (χ1) is 6.59. The molecule has 14 heavy (non-hydrogen) atoms. The van der Waals surface area contributed by atoms with Crippen molar-refractivity contribution >= 4 is 5.91 Å². The van der Waals surface area contributed by atoms with Crippen LogP contribution < -0.4 is 11.1 Å². The van der Waals surface area contributed by atoms with Crippen molar-refractivity contribution in [1.82, 2.24) is 10.3 Å². The van der Waals surface area contributed by atoms with Gasteiger partial charge in [0.25, 0.3) is 0 Å². The molecule has 0 bridgehead atoms. The molecule has 0 atom stereocenters. The van der Waals surface area contributed by atoms with E-state index < -0.39 is 5.91 Å². The quantitative estimate of drug-likeness (QED) is 0.613. The van der Waals surface area contributed by atoms with Crippen LogP contribution in [0.4, 0.5) is 0 Å². The van der Waals surface area contributed by atoms with Crippen LogP contribution in [0.2, 0.25) is 0 Å². The summed E-state index contributed by atoms with van der Waals surface area (Å²) in [6.07, 6.45) is 0. The van der Waals surface area contributed by atoms with E-state index in [0.717, 1.165) is 5.69 Å². The summed E-state index contributed by atoms with van der Waals surface area (Å²) in [7, 11) is 0. The molecule has 5 heteroatoms. The van der Waals surface area contributed by atoms with E-state index in [9.17, 15) is 9.90 Å². The predicted octanol–water partition coefficient (Wildman–Crippen LogP) is -0.329. The van der Waals surface area contributed by atoms with E-state index in [1.807, 2.05) is 6.92 Å². The minimum absolute atomic E-state index is 0.0784. The molecule has 1 heterocycles. The maximum Gasteiger partial charge on any atom is 0.231 e. The molecule has 0 radical (unpaired) electrons. The number of carbonyl (C=O) groups excluding carboxylic acids is 1. The zero-order valence-corrected chi connectivity index (χ0v) is 7.95. The molecule has 0 aromatic carbocycles. The van der Waals surface area contributed by atoms with Crippen LogP contribution in [0, 0.1) is 6.92 Å². The topological polar surface area (TPSA) is 88.2 Å². The van der Waals surface area contributed by atoms with Crippen LogP contribution in [0.1, 0.15) is 11.4 Å². The summed E-state index contributed by atoms with van der Waals surface area (Å²) in [5.74, 6) is -0.315. The second-order valence-electron chi connectivity index (χ2n) is 2.99. The molecule has 4 N–H and O–H groups in total. The van der Waals surface area contributed by atoms with Crippen LogP contribution in [0.3, 0.4) is 0 Å².